The second-order valence-electron chi connectivity index (χ2n) is 9.66. The van der Waals surface area contributed by atoms with Gasteiger partial charge in [-0.15, -0.1) is 23.1 Å². The molecular formula is C24H27N5O7S3. The summed E-state index contributed by atoms with van der Waals surface area (Å²) in [7, 11) is -3.81. The summed E-state index contributed by atoms with van der Waals surface area (Å²) in [4.78, 5) is 43.3. The number of rotatable bonds is 9. The third kappa shape index (κ3) is 5.16. The van der Waals surface area contributed by atoms with Gasteiger partial charge in [0.05, 0.1) is 29.0 Å². The van der Waals surface area contributed by atoms with Gasteiger partial charge < -0.3 is 25.7 Å². The SMILES string of the molecule is C[C@H]1C(S[C@@H]2CN[C@H](C(=O)Nc3ccc(S(=O)(=O)Nc4nccs4)cc3)C2)=C(C(=O)O)N2C(=O)[C@H]([C@@H](C)O)C12. The van der Waals surface area contributed by atoms with Crippen molar-refractivity contribution in [1.82, 2.24) is 15.2 Å². The first kappa shape index (κ1) is 27.6. The van der Waals surface area contributed by atoms with Gasteiger partial charge in [0.1, 0.15) is 5.70 Å². The van der Waals surface area contributed by atoms with Gasteiger partial charge in [-0.05, 0) is 37.6 Å². The highest BCUT2D eigenvalue weighted by Gasteiger charge is 2.60. The number of carboxylic acid groups (broad SMARTS) is 1. The number of fused-ring (bicyclic) bond motifs is 1. The number of thioether (sulfide) groups is 1. The Kier molecular flexibility index (Phi) is 7.45. The number of carboxylic acids is 1. The first-order valence-electron chi connectivity index (χ1n) is 12.2. The number of aliphatic hydroxyl groups is 1. The lowest BCUT2D eigenvalue weighted by molar-refractivity contribution is -0.163. The lowest BCUT2D eigenvalue weighted by atomic mass is 9.79. The van der Waals surface area contributed by atoms with Crippen LogP contribution >= 0.6 is 23.1 Å². The summed E-state index contributed by atoms with van der Waals surface area (Å²) in [6.45, 7) is 3.86. The normalized spacial score (nSPS) is 27.2. The van der Waals surface area contributed by atoms with E-state index in [2.05, 4.69) is 20.3 Å². The highest BCUT2D eigenvalue weighted by molar-refractivity contribution is 8.03. The fraction of sp³-hybridized carbons (Fsp3) is 0.417. The third-order valence-corrected chi connectivity index (χ3v) is 10.8. The number of carbonyl (C=O) groups is 3. The van der Waals surface area contributed by atoms with Crippen molar-refractivity contribution in [3.63, 3.8) is 0 Å². The molecule has 5 rings (SSSR count). The maximum absolute atomic E-state index is 12.9. The number of aliphatic hydroxyl groups excluding tert-OH is 1. The number of amides is 2. The quantitative estimate of drug-likeness (QED) is 0.268. The number of thiazole rings is 1. The number of β-lactam (4-membered cyclic amide) rings is 1. The minimum absolute atomic E-state index is 0.0281. The van der Waals surface area contributed by atoms with E-state index >= 15 is 0 Å². The van der Waals surface area contributed by atoms with Crippen molar-refractivity contribution < 1.29 is 33.0 Å². The smallest absolute Gasteiger partial charge is 0.353 e. The van der Waals surface area contributed by atoms with Gasteiger partial charge >= 0.3 is 5.97 Å². The summed E-state index contributed by atoms with van der Waals surface area (Å²) in [5.74, 6) is -2.73. The molecule has 0 saturated carbocycles. The Labute approximate surface area is 232 Å². The molecule has 2 saturated heterocycles. The van der Waals surface area contributed by atoms with Crippen molar-refractivity contribution in [1.29, 1.82) is 0 Å². The van der Waals surface area contributed by atoms with Crippen LogP contribution in [0.1, 0.15) is 20.3 Å². The lowest BCUT2D eigenvalue weighted by Gasteiger charge is -2.46. The Morgan fingerprint density at radius 2 is 2.00 bits per heavy atom. The van der Waals surface area contributed by atoms with Crippen LogP contribution in [0, 0.1) is 11.8 Å². The summed E-state index contributed by atoms with van der Waals surface area (Å²) in [6.07, 6.45) is 1.06. The molecule has 3 aliphatic rings. The molecule has 1 aromatic carbocycles. The number of sulfonamides is 1. The molecule has 0 aliphatic carbocycles. The number of hydrogen-bond acceptors (Lipinski definition) is 10. The number of benzene rings is 1. The zero-order valence-corrected chi connectivity index (χ0v) is 23.3. The van der Waals surface area contributed by atoms with E-state index in [-0.39, 0.29) is 44.7 Å². The molecule has 2 aromatic rings. The van der Waals surface area contributed by atoms with Crippen molar-refractivity contribution in [2.24, 2.45) is 11.8 Å². The monoisotopic (exact) mass is 593 g/mol. The van der Waals surface area contributed by atoms with Gasteiger partial charge in [0.15, 0.2) is 5.13 Å². The summed E-state index contributed by atoms with van der Waals surface area (Å²) in [6, 6.07) is 4.85. The van der Waals surface area contributed by atoms with Crippen molar-refractivity contribution in [3.05, 3.63) is 46.4 Å². The van der Waals surface area contributed by atoms with Gasteiger partial charge in [-0.1, -0.05) is 6.92 Å². The van der Waals surface area contributed by atoms with E-state index in [9.17, 15) is 33.0 Å². The number of nitrogens with zero attached hydrogens (tertiary/aromatic N) is 2. The molecule has 4 heterocycles. The topological polar surface area (TPSA) is 178 Å². The van der Waals surface area contributed by atoms with E-state index in [1.165, 1.54) is 54.0 Å². The largest absolute Gasteiger partial charge is 0.477 e. The zero-order chi connectivity index (χ0) is 28.1. The molecule has 1 unspecified atom stereocenters. The van der Waals surface area contributed by atoms with Crippen molar-refractivity contribution in [2.75, 3.05) is 16.6 Å². The Morgan fingerprint density at radius 3 is 2.62 bits per heavy atom. The first-order chi connectivity index (χ1) is 18.5. The second kappa shape index (κ2) is 10.5. The second-order valence-corrected chi connectivity index (χ2v) is 13.6. The number of carbonyl (C=O) groups excluding carboxylic acids is 2. The van der Waals surface area contributed by atoms with Crippen LogP contribution in [0.5, 0.6) is 0 Å². The molecule has 208 valence electrons. The summed E-state index contributed by atoms with van der Waals surface area (Å²) in [5.41, 5.74) is 0.394. The van der Waals surface area contributed by atoms with Gasteiger partial charge in [-0.2, -0.15) is 0 Å². The number of nitrogens with one attached hydrogen (secondary N) is 3. The van der Waals surface area contributed by atoms with E-state index in [1.54, 1.807) is 5.38 Å². The summed E-state index contributed by atoms with van der Waals surface area (Å²) < 4.78 is 27.4. The molecule has 0 radical (unpaired) electrons. The van der Waals surface area contributed by atoms with Crippen molar-refractivity contribution >= 4 is 61.7 Å². The first-order valence-corrected chi connectivity index (χ1v) is 15.4. The van der Waals surface area contributed by atoms with Gasteiger partial charge in [0.25, 0.3) is 10.0 Å². The molecule has 15 heteroatoms. The molecule has 2 amide bonds. The average Bonchev–Trinajstić information content (AvgIpc) is 3.60. The number of anilines is 2. The molecule has 6 atom stereocenters. The number of aliphatic carboxylic acids is 1. The Balaban J connectivity index is 1.20. The van der Waals surface area contributed by atoms with Crippen LogP contribution in [0.15, 0.2) is 51.3 Å². The third-order valence-electron chi connectivity index (χ3n) is 7.10. The minimum atomic E-state index is -3.81. The fourth-order valence-electron chi connectivity index (χ4n) is 5.25. The maximum atomic E-state index is 12.9. The van der Waals surface area contributed by atoms with Crippen LogP contribution in [-0.2, 0) is 24.4 Å². The van der Waals surface area contributed by atoms with Gasteiger partial charge in [-0.3, -0.25) is 14.3 Å². The Morgan fingerprint density at radius 1 is 1.28 bits per heavy atom. The number of hydrogen-bond donors (Lipinski definition) is 5. The highest BCUT2D eigenvalue weighted by Crippen LogP contribution is 2.51. The molecule has 1 aromatic heterocycles. The van der Waals surface area contributed by atoms with E-state index in [1.807, 2.05) is 6.92 Å². The van der Waals surface area contributed by atoms with Crippen LogP contribution < -0.4 is 15.4 Å². The Hall–Kier alpha value is -2.98. The summed E-state index contributed by atoms with van der Waals surface area (Å²) in [5, 5.41) is 27.6. The summed E-state index contributed by atoms with van der Waals surface area (Å²) >= 11 is 2.52. The van der Waals surface area contributed by atoms with E-state index in [0.29, 0.717) is 23.6 Å². The minimum Gasteiger partial charge on any atom is -0.477 e. The van der Waals surface area contributed by atoms with E-state index in [0.717, 1.165) is 11.3 Å². The Bertz CT molecular complexity index is 1430. The standard InChI is InChI=1S/C24H27N5O7S3/c1-11-18-17(12(2)30)22(32)29(18)19(23(33)34)20(11)38-14-9-16(26-10-14)21(31)27-13-3-5-15(6-4-13)39(35,36)28-24-25-7-8-37-24/h3-8,11-12,14,16-18,26,30H,9-10H2,1-2H3,(H,25,28)(H,27,31)(H,33,34)/t11-,12-,14+,16+,17-,18?/m1/s1. The van der Waals surface area contributed by atoms with Crippen molar-refractivity contribution in [3.8, 4) is 0 Å². The van der Waals surface area contributed by atoms with Gasteiger partial charge in [0, 0.05) is 39.9 Å². The van der Waals surface area contributed by atoms with Gasteiger partial charge in [-0.25, -0.2) is 18.2 Å². The zero-order valence-electron chi connectivity index (χ0n) is 20.9. The van der Waals surface area contributed by atoms with Gasteiger partial charge in [0.2, 0.25) is 11.8 Å². The van der Waals surface area contributed by atoms with Crippen LogP contribution in [0.25, 0.3) is 0 Å². The molecule has 39 heavy (non-hydrogen) atoms. The van der Waals surface area contributed by atoms with Crippen LogP contribution in [0.3, 0.4) is 0 Å². The molecule has 5 N–H and O–H groups in total. The van der Waals surface area contributed by atoms with Crippen LogP contribution in [0.2, 0.25) is 0 Å². The highest BCUT2D eigenvalue weighted by atomic mass is 32.2. The predicted octanol–water partition coefficient (Wildman–Crippen LogP) is 1.50. The molecule has 12 nitrogen and oxygen atoms in total. The lowest BCUT2D eigenvalue weighted by Crippen LogP contribution is -2.63. The molecule has 0 bridgehead atoms. The predicted molar refractivity (Wildman–Crippen MR) is 145 cm³/mol. The number of aromatic nitrogens is 1. The maximum Gasteiger partial charge on any atom is 0.353 e. The van der Waals surface area contributed by atoms with E-state index < -0.39 is 34.1 Å². The van der Waals surface area contributed by atoms with Crippen molar-refractivity contribution in [2.45, 2.75) is 48.6 Å². The molecule has 0 spiro atoms. The molecule has 3 aliphatic heterocycles. The average molecular weight is 594 g/mol. The fourth-order valence-corrected chi connectivity index (χ4v) is 8.51. The molecular weight excluding hydrogens is 566 g/mol. The van der Waals surface area contributed by atoms with E-state index in [4.69, 9.17) is 0 Å². The van der Waals surface area contributed by atoms with Crippen LogP contribution in [-0.4, -0.2) is 76.3 Å². The van der Waals surface area contributed by atoms with Crippen LogP contribution in [0.4, 0.5) is 10.8 Å². The molecule has 2 fully saturated rings.